The highest BCUT2D eigenvalue weighted by Crippen LogP contribution is 2.43. The number of benzene rings is 1. The zero-order chi connectivity index (χ0) is 14.7. The topological polar surface area (TPSA) is 68.8 Å². The summed E-state index contributed by atoms with van der Waals surface area (Å²) in [6, 6.07) is 9.36. The summed E-state index contributed by atoms with van der Waals surface area (Å²) in [5.41, 5.74) is 1.88. The Morgan fingerprint density at radius 2 is 1.90 bits per heavy atom. The lowest BCUT2D eigenvalue weighted by atomic mass is 9.98. The van der Waals surface area contributed by atoms with Gasteiger partial charge in [-0.2, -0.15) is 10.5 Å². The molecule has 1 aliphatic carbocycles. The van der Waals surface area contributed by atoms with Gasteiger partial charge in [0.25, 0.3) is 0 Å². The maximum absolute atomic E-state index is 9.04. The van der Waals surface area contributed by atoms with Crippen molar-refractivity contribution in [1.82, 2.24) is 0 Å². The van der Waals surface area contributed by atoms with Gasteiger partial charge in [-0.15, -0.1) is 0 Å². The van der Waals surface area contributed by atoms with E-state index in [0.717, 1.165) is 18.7 Å². The molecule has 4 heteroatoms. The van der Waals surface area contributed by atoms with Crippen LogP contribution in [0.3, 0.4) is 0 Å². The van der Waals surface area contributed by atoms with Crippen LogP contribution in [0.25, 0.3) is 0 Å². The van der Waals surface area contributed by atoms with Crippen molar-refractivity contribution in [2.45, 2.75) is 50.2 Å². The van der Waals surface area contributed by atoms with E-state index in [1.54, 1.807) is 12.1 Å². The molecule has 1 aromatic rings. The molecule has 1 heterocycles. The highest BCUT2D eigenvalue weighted by atomic mass is 16.5. The van der Waals surface area contributed by atoms with Gasteiger partial charge in [0, 0.05) is 12.2 Å². The van der Waals surface area contributed by atoms with Gasteiger partial charge in [-0.05, 0) is 43.9 Å². The van der Waals surface area contributed by atoms with E-state index in [9.17, 15) is 0 Å². The summed E-state index contributed by atoms with van der Waals surface area (Å²) in [6.45, 7) is 0.762. The molecule has 1 saturated carbocycles. The molecule has 4 nitrogen and oxygen atoms in total. The van der Waals surface area contributed by atoms with Gasteiger partial charge in [0.05, 0.1) is 22.8 Å². The summed E-state index contributed by atoms with van der Waals surface area (Å²) in [6.07, 6.45) is 7.54. The van der Waals surface area contributed by atoms with Gasteiger partial charge >= 0.3 is 0 Å². The van der Waals surface area contributed by atoms with Crippen molar-refractivity contribution in [2.24, 2.45) is 0 Å². The minimum absolute atomic E-state index is 0.162. The van der Waals surface area contributed by atoms with E-state index in [0.29, 0.717) is 11.1 Å². The second kappa shape index (κ2) is 5.76. The first-order valence-corrected chi connectivity index (χ1v) is 7.61. The molecule has 1 unspecified atom stereocenters. The minimum atomic E-state index is 0.162. The first-order valence-electron chi connectivity index (χ1n) is 7.61. The Hall–Kier alpha value is -2.04. The molecular weight excluding hydrogens is 262 g/mol. The largest absolute Gasteiger partial charge is 0.382 e. The maximum atomic E-state index is 9.04. The molecule has 1 aromatic carbocycles. The normalized spacial score (nSPS) is 22.9. The molecule has 0 bridgehead atoms. The Bertz CT molecular complexity index is 605. The van der Waals surface area contributed by atoms with E-state index in [-0.39, 0.29) is 11.7 Å². The average molecular weight is 281 g/mol. The van der Waals surface area contributed by atoms with Crippen LogP contribution in [-0.2, 0) is 4.74 Å². The fourth-order valence-electron chi connectivity index (χ4n) is 3.50. The van der Waals surface area contributed by atoms with Crippen LogP contribution in [0.5, 0.6) is 0 Å². The summed E-state index contributed by atoms with van der Waals surface area (Å²) in [7, 11) is 0. The predicted molar refractivity (Wildman–Crippen MR) is 79.7 cm³/mol. The monoisotopic (exact) mass is 281 g/mol. The van der Waals surface area contributed by atoms with Gasteiger partial charge in [-0.25, -0.2) is 0 Å². The van der Waals surface area contributed by atoms with Gasteiger partial charge < -0.3 is 10.1 Å². The van der Waals surface area contributed by atoms with Crippen LogP contribution in [0, 0.1) is 22.7 Å². The van der Waals surface area contributed by atoms with Crippen molar-refractivity contribution >= 4 is 5.69 Å². The highest BCUT2D eigenvalue weighted by molar-refractivity contribution is 5.56. The van der Waals surface area contributed by atoms with Crippen molar-refractivity contribution in [1.29, 1.82) is 10.5 Å². The van der Waals surface area contributed by atoms with Crippen molar-refractivity contribution in [3.05, 3.63) is 29.3 Å². The number of hydrogen-bond acceptors (Lipinski definition) is 4. The van der Waals surface area contributed by atoms with Gasteiger partial charge in [0.2, 0.25) is 0 Å². The SMILES string of the molecule is N#Cc1ccc(NCC2CCC3(CCCC3)O2)cc1C#N. The van der Waals surface area contributed by atoms with E-state index < -0.39 is 0 Å². The predicted octanol–water partition coefficient (Wildman–Crippen LogP) is 3.33. The molecule has 108 valence electrons. The van der Waals surface area contributed by atoms with Crippen molar-refractivity contribution in [3.63, 3.8) is 0 Å². The third kappa shape index (κ3) is 2.86. The summed E-state index contributed by atoms with van der Waals surface area (Å²) in [5, 5.41) is 21.3. The van der Waals surface area contributed by atoms with Gasteiger partial charge in [0.1, 0.15) is 12.1 Å². The van der Waals surface area contributed by atoms with Crippen molar-refractivity contribution < 1.29 is 4.74 Å². The molecule has 1 aliphatic heterocycles. The molecular formula is C17H19N3O. The third-order valence-corrected chi connectivity index (χ3v) is 4.65. The lowest BCUT2D eigenvalue weighted by Crippen LogP contribution is -2.27. The molecule has 0 radical (unpaired) electrons. The van der Waals surface area contributed by atoms with Gasteiger partial charge in [0.15, 0.2) is 0 Å². The number of anilines is 1. The summed E-state index contributed by atoms with van der Waals surface area (Å²) >= 11 is 0. The molecule has 2 fully saturated rings. The van der Waals surface area contributed by atoms with Crippen LogP contribution in [-0.4, -0.2) is 18.2 Å². The minimum Gasteiger partial charge on any atom is -0.382 e. The molecule has 3 rings (SSSR count). The van der Waals surface area contributed by atoms with E-state index in [4.69, 9.17) is 15.3 Å². The van der Waals surface area contributed by atoms with Crippen molar-refractivity contribution in [2.75, 3.05) is 11.9 Å². The molecule has 0 amide bonds. The molecule has 1 saturated heterocycles. The second-order valence-corrected chi connectivity index (χ2v) is 6.03. The Morgan fingerprint density at radius 1 is 1.14 bits per heavy atom. The van der Waals surface area contributed by atoms with Crippen LogP contribution in [0.15, 0.2) is 18.2 Å². The third-order valence-electron chi connectivity index (χ3n) is 4.65. The Labute approximate surface area is 125 Å². The van der Waals surface area contributed by atoms with E-state index in [1.165, 1.54) is 32.1 Å². The van der Waals surface area contributed by atoms with Crippen LogP contribution >= 0.6 is 0 Å². The summed E-state index contributed by atoms with van der Waals surface area (Å²) < 4.78 is 6.25. The average Bonchev–Trinajstić information content (AvgIpc) is 3.15. The summed E-state index contributed by atoms with van der Waals surface area (Å²) in [5.74, 6) is 0. The first kappa shape index (κ1) is 13.9. The molecule has 2 aliphatic rings. The highest BCUT2D eigenvalue weighted by Gasteiger charge is 2.41. The number of nitrogens with zero attached hydrogens (tertiary/aromatic N) is 2. The van der Waals surface area contributed by atoms with E-state index in [1.807, 2.05) is 12.1 Å². The Kier molecular flexibility index (Phi) is 3.82. The lowest BCUT2D eigenvalue weighted by molar-refractivity contribution is -0.0307. The van der Waals surface area contributed by atoms with E-state index >= 15 is 0 Å². The number of hydrogen-bond donors (Lipinski definition) is 1. The van der Waals surface area contributed by atoms with Crippen LogP contribution in [0.4, 0.5) is 5.69 Å². The molecule has 1 atom stereocenters. The molecule has 1 spiro atoms. The summed E-state index contributed by atoms with van der Waals surface area (Å²) in [4.78, 5) is 0. The molecule has 1 N–H and O–H groups in total. The maximum Gasteiger partial charge on any atom is 0.101 e. The fourth-order valence-corrected chi connectivity index (χ4v) is 3.50. The van der Waals surface area contributed by atoms with Gasteiger partial charge in [-0.1, -0.05) is 12.8 Å². The quantitative estimate of drug-likeness (QED) is 0.922. The zero-order valence-corrected chi connectivity index (χ0v) is 12.1. The van der Waals surface area contributed by atoms with Crippen molar-refractivity contribution in [3.8, 4) is 12.1 Å². The zero-order valence-electron chi connectivity index (χ0n) is 12.1. The Morgan fingerprint density at radius 3 is 2.62 bits per heavy atom. The number of nitrogens with one attached hydrogen (secondary N) is 1. The fraction of sp³-hybridized carbons (Fsp3) is 0.529. The second-order valence-electron chi connectivity index (χ2n) is 6.03. The Balaban J connectivity index is 1.59. The van der Waals surface area contributed by atoms with Crippen LogP contribution < -0.4 is 5.32 Å². The van der Waals surface area contributed by atoms with Crippen LogP contribution in [0.1, 0.15) is 49.7 Å². The number of nitriles is 2. The van der Waals surface area contributed by atoms with Crippen LogP contribution in [0.2, 0.25) is 0 Å². The first-order chi connectivity index (χ1) is 10.2. The van der Waals surface area contributed by atoms with Gasteiger partial charge in [-0.3, -0.25) is 0 Å². The molecule has 21 heavy (non-hydrogen) atoms. The van der Waals surface area contributed by atoms with E-state index in [2.05, 4.69) is 11.4 Å². The molecule has 0 aromatic heterocycles. The smallest absolute Gasteiger partial charge is 0.101 e. The standard InChI is InChI=1S/C17H19N3O/c18-10-13-3-4-15(9-14(13)11-19)20-12-16-5-8-17(21-16)6-1-2-7-17/h3-4,9,16,20H,1-2,5-8,12H2. The number of ether oxygens (including phenoxy) is 1. The lowest BCUT2D eigenvalue weighted by Gasteiger charge is -2.24. The number of rotatable bonds is 3.